The van der Waals surface area contributed by atoms with Crippen LogP contribution in [-0.2, 0) is 18.9 Å². The lowest BCUT2D eigenvalue weighted by Crippen LogP contribution is -2.15. The summed E-state index contributed by atoms with van der Waals surface area (Å²) >= 11 is 0. The maximum absolute atomic E-state index is 5.32. The quantitative estimate of drug-likeness (QED) is 0.714. The van der Waals surface area contributed by atoms with Gasteiger partial charge >= 0.3 is 0 Å². The molecule has 0 aromatic carbocycles. The van der Waals surface area contributed by atoms with Crippen LogP contribution >= 0.6 is 0 Å². The molecule has 2 rings (SSSR count). The van der Waals surface area contributed by atoms with Gasteiger partial charge in [-0.25, -0.2) is 0 Å². The predicted octanol–water partition coefficient (Wildman–Crippen LogP) is 2.50. The molecule has 4 heteroatoms. The Bertz CT molecular complexity index is 167. The molecule has 18 heavy (non-hydrogen) atoms. The smallest absolute Gasteiger partial charge is 0.0781 e. The minimum absolute atomic E-state index is 0.221. The second kappa shape index (κ2) is 10.7. The first kappa shape index (κ1) is 17.8. The Morgan fingerprint density at radius 1 is 1.00 bits per heavy atom. The first-order chi connectivity index (χ1) is 8.45. The molecule has 110 valence electrons. The molecule has 0 aromatic heterocycles. The first-order valence-corrected chi connectivity index (χ1v) is 6.79. The van der Waals surface area contributed by atoms with Crippen LogP contribution in [0.3, 0.4) is 0 Å². The van der Waals surface area contributed by atoms with Gasteiger partial charge in [0.15, 0.2) is 0 Å². The molecule has 0 N–H and O–H groups in total. The Labute approximate surface area is 112 Å². The zero-order chi connectivity index (χ0) is 14.0. The molecular weight excluding hydrogens is 232 g/mol. The zero-order valence-electron chi connectivity index (χ0n) is 12.8. The van der Waals surface area contributed by atoms with Crippen LogP contribution in [0.15, 0.2) is 0 Å². The normalized spacial score (nSPS) is 25.5. The first-order valence-electron chi connectivity index (χ1n) is 6.79. The lowest BCUT2D eigenvalue weighted by atomic mass is 10.2. The van der Waals surface area contributed by atoms with Gasteiger partial charge in [-0.1, -0.05) is 13.8 Å². The molecule has 0 spiro atoms. The molecular formula is C14H30O4. The maximum Gasteiger partial charge on any atom is 0.0781 e. The Kier molecular flexibility index (Phi) is 10.6. The monoisotopic (exact) mass is 262 g/mol. The number of hydrogen-bond donors (Lipinski definition) is 0. The van der Waals surface area contributed by atoms with E-state index in [1.54, 1.807) is 7.11 Å². The standard InChI is InChI=1S/C8H18O2.2C3H6O/c1-7(2)5-10-6-8(3)9-4;2*1-3-2-4-3/h7-8H,5-6H2,1-4H3;2*3H,2H2,1H3. The van der Waals surface area contributed by atoms with Crippen molar-refractivity contribution in [3.05, 3.63) is 0 Å². The summed E-state index contributed by atoms with van der Waals surface area (Å²) in [6.45, 7) is 13.9. The molecule has 0 saturated carbocycles. The van der Waals surface area contributed by atoms with Gasteiger partial charge in [-0.2, -0.15) is 0 Å². The molecule has 0 radical (unpaired) electrons. The SMILES string of the molecule is CC1CO1.CC1CO1.COC(C)COCC(C)C. The lowest BCUT2D eigenvalue weighted by molar-refractivity contribution is 0.00995. The molecule has 2 aliphatic rings. The minimum Gasteiger partial charge on any atom is -0.379 e. The van der Waals surface area contributed by atoms with Crippen molar-refractivity contribution in [2.24, 2.45) is 5.92 Å². The summed E-state index contributed by atoms with van der Waals surface area (Å²) in [5.41, 5.74) is 0. The highest BCUT2D eigenvalue weighted by Gasteiger charge is 2.13. The number of epoxide rings is 2. The number of methoxy groups -OCH3 is 1. The van der Waals surface area contributed by atoms with Crippen molar-refractivity contribution in [1.82, 2.24) is 0 Å². The number of rotatable bonds is 5. The second-order valence-electron chi connectivity index (χ2n) is 5.27. The summed E-state index contributed by atoms with van der Waals surface area (Å²) in [5.74, 6) is 0.615. The van der Waals surface area contributed by atoms with Crippen molar-refractivity contribution < 1.29 is 18.9 Å². The summed E-state index contributed by atoms with van der Waals surface area (Å²) < 4.78 is 19.7. The molecule has 0 aliphatic carbocycles. The van der Waals surface area contributed by atoms with Crippen molar-refractivity contribution in [2.75, 3.05) is 33.5 Å². The van der Waals surface area contributed by atoms with Gasteiger partial charge in [0, 0.05) is 13.7 Å². The Balaban J connectivity index is 0.000000288. The van der Waals surface area contributed by atoms with Crippen LogP contribution < -0.4 is 0 Å². The van der Waals surface area contributed by atoms with Gasteiger partial charge in [-0.3, -0.25) is 0 Å². The van der Waals surface area contributed by atoms with E-state index in [4.69, 9.17) is 18.9 Å². The van der Waals surface area contributed by atoms with Gasteiger partial charge < -0.3 is 18.9 Å². The lowest BCUT2D eigenvalue weighted by Gasteiger charge is -2.11. The number of hydrogen-bond acceptors (Lipinski definition) is 4. The summed E-state index contributed by atoms with van der Waals surface area (Å²) in [6, 6.07) is 0. The van der Waals surface area contributed by atoms with E-state index < -0.39 is 0 Å². The van der Waals surface area contributed by atoms with Crippen LogP contribution in [0, 0.1) is 5.92 Å². The summed E-state index contributed by atoms with van der Waals surface area (Å²) in [4.78, 5) is 0. The fraction of sp³-hybridized carbons (Fsp3) is 1.00. The van der Waals surface area contributed by atoms with Crippen LogP contribution in [0.1, 0.15) is 34.6 Å². The van der Waals surface area contributed by atoms with E-state index in [-0.39, 0.29) is 6.10 Å². The van der Waals surface area contributed by atoms with Crippen molar-refractivity contribution in [1.29, 1.82) is 0 Å². The van der Waals surface area contributed by atoms with Crippen LogP contribution in [0.2, 0.25) is 0 Å². The van der Waals surface area contributed by atoms with Crippen molar-refractivity contribution in [3.63, 3.8) is 0 Å². The highest BCUT2D eigenvalue weighted by molar-refractivity contribution is 4.58. The van der Waals surface area contributed by atoms with Crippen LogP contribution in [-0.4, -0.2) is 51.8 Å². The third-order valence-corrected chi connectivity index (χ3v) is 2.21. The van der Waals surface area contributed by atoms with E-state index in [2.05, 4.69) is 27.7 Å². The van der Waals surface area contributed by atoms with Gasteiger partial charge in [0.05, 0.1) is 38.1 Å². The fourth-order valence-electron chi connectivity index (χ4n) is 0.730. The Morgan fingerprint density at radius 2 is 1.39 bits per heavy atom. The van der Waals surface area contributed by atoms with Gasteiger partial charge in [0.25, 0.3) is 0 Å². The van der Waals surface area contributed by atoms with Gasteiger partial charge in [-0.15, -0.1) is 0 Å². The summed E-state index contributed by atoms with van der Waals surface area (Å²) in [5, 5.41) is 0. The predicted molar refractivity (Wildman–Crippen MR) is 73.0 cm³/mol. The maximum atomic E-state index is 5.32. The minimum atomic E-state index is 0.221. The molecule has 2 aliphatic heterocycles. The zero-order valence-corrected chi connectivity index (χ0v) is 12.8. The molecule has 4 nitrogen and oxygen atoms in total. The van der Waals surface area contributed by atoms with Crippen molar-refractivity contribution in [3.8, 4) is 0 Å². The average molecular weight is 262 g/mol. The van der Waals surface area contributed by atoms with Gasteiger partial charge in [0.2, 0.25) is 0 Å². The molecule has 2 heterocycles. The van der Waals surface area contributed by atoms with Crippen LogP contribution in [0.25, 0.3) is 0 Å². The molecule has 2 saturated heterocycles. The summed E-state index contributed by atoms with van der Waals surface area (Å²) in [7, 11) is 1.70. The third kappa shape index (κ3) is 18.2. The Hall–Kier alpha value is -0.160. The van der Waals surface area contributed by atoms with Crippen molar-refractivity contribution in [2.45, 2.75) is 52.9 Å². The molecule has 0 amide bonds. The summed E-state index contributed by atoms with van der Waals surface area (Å²) in [6.07, 6.45) is 1.39. The average Bonchev–Trinajstić information content (AvgIpc) is 3.21. The molecule has 0 aromatic rings. The fourth-order valence-corrected chi connectivity index (χ4v) is 0.730. The van der Waals surface area contributed by atoms with E-state index >= 15 is 0 Å². The van der Waals surface area contributed by atoms with Crippen molar-refractivity contribution >= 4 is 0 Å². The molecule has 2 fully saturated rings. The highest BCUT2D eigenvalue weighted by Crippen LogP contribution is 2.04. The topological polar surface area (TPSA) is 43.5 Å². The van der Waals surface area contributed by atoms with E-state index in [9.17, 15) is 0 Å². The largest absolute Gasteiger partial charge is 0.379 e. The molecule has 3 atom stereocenters. The van der Waals surface area contributed by atoms with Gasteiger partial charge in [-0.05, 0) is 26.7 Å². The van der Waals surface area contributed by atoms with Gasteiger partial charge in [0.1, 0.15) is 0 Å². The Morgan fingerprint density at radius 3 is 1.61 bits per heavy atom. The van der Waals surface area contributed by atoms with Crippen LogP contribution in [0.4, 0.5) is 0 Å². The molecule has 0 bridgehead atoms. The third-order valence-electron chi connectivity index (χ3n) is 2.21. The highest BCUT2D eigenvalue weighted by atomic mass is 16.6. The van der Waals surface area contributed by atoms with Crippen LogP contribution in [0.5, 0.6) is 0 Å². The van der Waals surface area contributed by atoms with E-state index in [1.807, 2.05) is 6.92 Å². The molecule has 3 unspecified atom stereocenters. The van der Waals surface area contributed by atoms with E-state index in [1.165, 1.54) is 0 Å². The second-order valence-corrected chi connectivity index (χ2v) is 5.27. The van der Waals surface area contributed by atoms with E-state index in [0.717, 1.165) is 19.8 Å². The number of ether oxygens (including phenoxy) is 4. The van der Waals surface area contributed by atoms with E-state index in [0.29, 0.717) is 24.7 Å².